The standard InChI is InChI=1S/C18H24N4O/c1-12(2)23-17-9-7-15(8-10-17)22-18(19)20-11-16-6-5-13(3)14(4)21-16/h5-10,12H,11H2,1-4H3,(H3,19,20,22). The largest absolute Gasteiger partial charge is 0.491 e. The molecule has 0 bridgehead atoms. The smallest absolute Gasteiger partial charge is 0.193 e. The maximum absolute atomic E-state index is 5.92. The number of aliphatic imine (C=N–C) groups is 1. The molecule has 3 N–H and O–H groups in total. The lowest BCUT2D eigenvalue weighted by molar-refractivity contribution is 0.242. The van der Waals surface area contributed by atoms with E-state index in [1.54, 1.807) is 0 Å². The zero-order chi connectivity index (χ0) is 16.8. The highest BCUT2D eigenvalue weighted by Crippen LogP contribution is 2.16. The Labute approximate surface area is 137 Å². The van der Waals surface area contributed by atoms with E-state index in [2.05, 4.69) is 15.3 Å². The average Bonchev–Trinajstić information content (AvgIpc) is 2.50. The van der Waals surface area contributed by atoms with Crippen molar-refractivity contribution in [1.82, 2.24) is 4.98 Å². The minimum atomic E-state index is 0.158. The summed E-state index contributed by atoms with van der Waals surface area (Å²) in [5, 5.41) is 3.06. The normalized spacial score (nSPS) is 11.6. The SMILES string of the molecule is Cc1ccc(CN=C(N)Nc2ccc(OC(C)C)cc2)nc1C. The summed E-state index contributed by atoms with van der Waals surface area (Å²) in [5.74, 6) is 1.20. The Morgan fingerprint density at radius 2 is 1.87 bits per heavy atom. The van der Waals surface area contributed by atoms with E-state index in [4.69, 9.17) is 10.5 Å². The molecule has 23 heavy (non-hydrogen) atoms. The summed E-state index contributed by atoms with van der Waals surface area (Å²) in [6.07, 6.45) is 0.158. The van der Waals surface area contributed by atoms with Crippen LogP contribution in [0.3, 0.4) is 0 Å². The van der Waals surface area contributed by atoms with E-state index in [1.807, 2.05) is 64.1 Å². The number of nitrogens with two attached hydrogens (primary N) is 1. The Hall–Kier alpha value is -2.56. The van der Waals surface area contributed by atoms with Crippen molar-refractivity contribution in [2.45, 2.75) is 40.3 Å². The number of pyridine rings is 1. The Kier molecular flexibility index (Phi) is 5.57. The van der Waals surface area contributed by atoms with Crippen LogP contribution in [0.1, 0.15) is 30.8 Å². The van der Waals surface area contributed by atoms with Gasteiger partial charge < -0.3 is 15.8 Å². The fourth-order valence-electron chi connectivity index (χ4n) is 2.01. The predicted molar refractivity (Wildman–Crippen MR) is 94.9 cm³/mol. The summed E-state index contributed by atoms with van der Waals surface area (Å²) >= 11 is 0. The summed E-state index contributed by atoms with van der Waals surface area (Å²) in [4.78, 5) is 8.80. The molecule has 2 rings (SSSR count). The zero-order valence-corrected chi connectivity index (χ0v) is 14.1. The molecule has 0 aliphatic rings. The van der Waals surface area contributed by atoms with Crippen molar-refractivity contribution in [2.75, 3.05) is 5.32 Å². The number of aromatic nitrogens is 1. The first-order chi connectivity index (χ1) is 10.9. The van der Waals surface area contributed by atoms with Crippen molar-refractivity contribution in [3.8, 4) is 5.75 Å². The van der Waals surface area contributed by atoms with Gasteiger partial charge in [-0.15, -0.1) is 0 Å². The molecule has 0 saturated heterocycles. The highest BCUT2D eigenvalue weighted by atomic mass is 16.5. The lowest BCUT2D eigenvalue weighted by Gasteiger charge is -2.11. The second kappa shape index (κ2) is 7.63. The van der Waals surface area contributed by atoms with Crippen molar-refractivity contribution < 1.29 is 4.74 Å². The average molecular weight is 312 g/mol. The number of nitrogens with one attached hydrogen (secondary N) is 1. The number of aryl methyl sites for hydroxylation is 2. The van der Waals surface area contributed by atoms with Gasteiger partial charge in [-0.1, -0.05) is 6.07 Å². The molecule has 0 aliphatic carbocycles. The highest BCUT2D eigenvalue weighted by molar-refractivity contribution is 5.92. The van der Waals surface area contributed by atoms with Crippen molar-refractivity contribution in [1.29, 1.82) is 0 Å². The van der Waals surface area contributed by atoms with Crippen LogP contribution in [-0.2, 0) is 6.54 Å². The van der Waals surface area contributed by atoms with E-state index in [0.29, 0.717) is 12.5 Å². The Morgan fingerprint density at radius 1 is 1.17 bits per heavy atom. The molecule has 0 amide bonds. The molecule has 0 radical (unpaired) electrons. The molecule has 0 spiro atoms. The van der Waals surface area contributed by atoms with Gasteiger partial charge in [-0.2, -0.15) is 0 Å². The Balaban J connectivity index is 1.95. The minimum absolute atomic E-state index is 0.158. The van der Waals surface area contributed by atoms with Crippen molar-refractivity contribution in [3.63, 3.8) is 0 Å². The lowest BCUT2D eigenvalue weighted by atomic mass is 10.2. The maximum Gasteiger partial charge on any atom is 0.193 e. The molecule has 0 saturated carbocycles. The van der Waals surface area contributed by atoms with Gasteiger partial charge in [0.2, 0.25) is 0 Å². The third-order valence-electron chi connectivity index (χ3n) is 3.32. The first kappa shape index (κ1) is 16.8. The number of ether oxygens (including phenoxy) is 1. The van der Waals surface area contributed by atoms with E-state index in [1.165, 1.54) is 5.56 Å². The van der Waals surface area contributed by atoms with Crippen molar-refractivity contribution >= 4 is 11.6 Å². The minimum Gasteiger partial charge on any atom is -0.491 e. The first-order valence-corrected chi connectivity index (χ1v) is 7.71. The number of anilines is 1. The fourth-order valence-corrected chi connectivity index (χ4v) is 2.01. The predicted octanol–water partition coefficient (Wildman–Crippen LogP) is 3.41. The third-order valence-corrected chi connectivity index (χ3v) is 3.32. The Morgan fingerprint density at radius 3 is 2.48 bits per heavy atom. The molecule has 0 fully saturated rings. The lowest BCUT2D eigenvalue weighted by Crippen LogP contribution is -2.22. The van der Waals surface area contributed by atoms with Crippen LogP contribution in [0.15, 0.2) is 41.4 Å². The van der Waals surface area contributed by atoms with Crippen LogP contribution >= 0.6 is 0 Å². The van der Waals surface area contributed by atoms with Crippen LogP contribution in [0.2, 0.25) is 0 Å². The van der Waals surface area contributed by atoms with Gasteiger partial charge in [0, 0.05) is 11.4 Å². The van der Waals surface area contributed by atoms with Gasteiger partial charge in [-0.25, -0.2) is 4.99 Å². The van der Waals surface area contributed by atoms with Gasteiger partial charge in [0.1, 0.15) is 5.75 Å². The number of rotatable bonds is 5. The first-order valence-electron chi connectivity index (χ1n) is 7.71. The molecule has 1 aromatic carbocycles. The van der Waals surface area contributed by atoms with Gasteiger partial charge in [0.05, 0.1) is 18.3 Å². The second-order valence-electron chi connectivity index (χ2n) is 5.72. The summed E-state index contributed by atoms with van der Waals surface area (Å²) in [7, 11) is 0. The van der Waals surface area contributed by atoms with Gasteiger partial charge in [0.15, 0.2) is 5.96 Å². The van der Waals surface area contributed by atoms with Gasteiger partial charge in [0.25, 0.3) is 0 Å². The molecule has 0 aliphatic heterocycles. The van der Waals surface area contributed by atoms with Crippen LogP contribution < -0.4 is 15.8 Å². The Bertz CT molecular complexity index is 678. The van der Waals surface area contributed by atoms with Gasteiger partial charge in [-0.3, -0.25) is 4.98 Å². The van der Waals surface area contributed by atoms with Gasteiger partial charge >= 0.3 is 0 Å². The molecular formula is C18H24N4O. The molecule has 2 aromatic rings. The molecule has 5 nitrogen and oxygen atoms in total. The quantitative estimate of drug-likeness (QED) is 0.655. The van der Waals surface area contributed by atoms with Crippen LogP contribution in [0, 0.1) is 13.8 Å². The molecule has 0 atom stereocenters. The maximum atomic E-state index is 5.92. The third kappa shape index (κ3) is 5.29. The number of nitrogens with zero attached hydrogens (tertiary/aromatic N) is 2. The van der Waals surface area contributed by atoms with E-state index in [-0.39, 0.29) is 6.10 Å². The number of hydrogen-bond acceptors (Lipinski definition) is 3. The summed E-state index contributed by atoms with van der Waals surface area (Å²) in [5.41, 5.74) is 9.88. The van der Waals surface area contributed by atoms with Crippen LogP contribution in [-0.4, -0.2) is 17.0 Å². The van der Waals surface area contributed by atoms with Crippen LogP contribution in [0.4, 0.5) is 5.69 Å². The van der Waals surface area contributed by atoms with Crippen LogP contribution in [0.25, 0.3) is 0 Å². The number of guanidine groups is 1. The van der Waals surface area contributed by atoms with E-state index >= 15 is 0 Å². The molecule has 1 heterocycles. The fraction of sp³-hybridized carbons (Fsp3) is 0.333. The van der Waals surface area contributed by atoms with Crippen molar-refractivity contribution in [2.24, 2.45) is 10.7 Å². The van der Waals surface area contributed by atoms with E-state index < -0.39 is 0 Å². The highest BCUT2D eigenvalue weighted by Gasteiger charge is 2.01. The second-order valence-corrected chi connectivity index (χ2v) is 5.72. The van der Waals surface area contributed by atoms with Crippen molar-refractivity contribution in [3.05, 3.63) is 53.3 Å². The monoisotopic (exact) mass is 312 g/mol. The summed E-state index contributed by atoms with van der Waals surface area (Å²) < 4.78 is 5.60. The van der Waals surface area contributed by atoms with Gasteiger partial charge in [-0.05, 0) is 63.6 Å². The zero-order valence-electron chi connectivity index (χ0n) is 14.1. The van der Waals surface area contributed by atoms with E-state index in [0.717, 1.165) is 22.8 Å². The van der Waals surface area contributed by atoms with E-state index in [9.17, 15) is 0 Å². The topological polar surface area (TPSA) is 72.5 Å². The molecule has 5 heteroatoms. The molecular weight excluding hydrogens is 288 g/mol. The molecule has 0 unspecified atom stereocenters. The number of hydrogen-bond donors (Lipinski definition) is 2. The molecule has 122 valence electrons. The van der Waals surface area contributed by atoms with Crippen LogP contribution in [0.5, 0.6) is 5.75 Å². The summed E-state index contributed by atoms with van der Waals surface area (Å²) in [6.45, 7) is 8.48. The summed E-state index contributed by atoms with van der Waals surface area (Å²) in [6, 6.07) is 11.6. The molecule has 1 aromatic heterocycles. The number of benzene rings is 1.